The molecule has 1 aliphatic rings. The second-order valence-electron chi connectivity index (χ2n) is 8.35. The highest BCUT2D eigenvalue weighted by Gasteiger charge is 2.47. The summed E-state index contributed by atoms with van der Waals surface area (Å²) < 4.78 is 65.3. The maximum absolute atomic E-state index is 13.6. The molecular weight excluding hydrogens is 497 g/mol. The molecule has 7 nitrogen and oxygen atoms in total. The lowest BCUT2D eigenvalue weighted by Crippen LogP contribution is -2.43. The van der Waals surface area contributed by atoms with E-state index >= 15 is 0 Å². The summed E-state index contributed by atoms with van der Waals surface area (Å²) in [6, 6.07) is 8.97. The van der Waals surface area contributed by atoms with Crippen molar-refractivity contribution in [3.8, 4) is 6.07 Å². The minimum atomic E-state index is -4.54. The predicted octanol–water partition coefficient (Wildman–Crippen LogP) is 4.31. The molecule has 1 atom stereocenters. The molecule has 12 heteroatoms. The molecule has 3 heterocycles. The topological polar surface area (TPSA) is 99.0 Å². The number of fused-ring (bicyclic) bond motifs is 1. The Balaban J connectivity index is 1.49. The van der Waals surface area contributed by atoms with Crippen LogP contribution in [0.3, 0.4) is 0 Å². The normalized spacial score (nSPS) is 17.2. The fourth-order valence-corrected chi connectivity index (χ4v) is 3.88. The average molecular weight is 515 g/mol. The molecule has 0 saturated carbocycles. The lowest BCUT2D eigenvalue weighted by Gasteiger charge is -2.19. The predicted molar refractivity (Wildman–Crippen MR) is 123 cm³/mol. The maximum Gasteiger partial charge on any atom is 0.433 e. The van der Waals surface area contributed by atoms with Gasteiger partial charge in [0, 0.05) is 24.2 Å². The minimum Gasteiger partial charge on any atom is -0.343 e. The van der Waals surface area contributed by atoms with Gasteiger partial charge in [-0.25, -0.2) is 8.78 Å². The highest BCUT2D eigenvalue weighted by Crippen LogP contribution is 2.31. The molecule has 3 aromatic rings. The molecule has 1 N–H and O–H groups in total. The summed E-state index contributed by atoms with van der Waals surface area (Å²) in [5, 5.41) is 11.9. The first-order valence-corrected chi connectivity index (χ1v) is 10.9. The fourth-order valence-electron chi connectivity index (χ4n) is 3.88. The third-order valence-corrected chi connectivity index (χ3v) is 5.69. The van der Waals surface area contributed by atoms with Crippen molar-refractivity contribution in [3.63, 3.8) is 0 Å². The van der Waals surface area contributed by atoms with E-state index < -0.39 is 55.2 Å². The number of carbonyl (C=O) groups is 2. The molecule has 0 unspecified atom stereocenters. The maximum atomic E-state index is 13.6. The number of halogens is 5. The van der Waals surface area contributed by atoms with Crippen LogP contribution in [0.25, 0.3) is 23.1 Å². The third-order valence-electron chi connectivity index (χ3n) is 5.69. The van der Waals surface area contributed by atoms with Crippen molar-refractivity contribution in [2.75, 3.05) is 13.1 Å². The molecule has 1 aromatic carbocycles. The summed E-state index contributed by atoms with van der Waals surface area (Å²) in [5.41, 5.74) is 0.682. The van der Waals surface area contributed by atoms with Gasteiger partial charge in [-0.15, -0.1) is 0 Å². The molecule has 0 radical (unpaired) electrons. The minimum absolute atomic E-state index is 0.174. The van der Waals surface area contributed by atoms with Crippen molar-refractivity contribution in [1.29, 1.82) is 5.26 Å². The molecule has 4 rings (SSSR count). The number of nitrogens with zero attached hydrogens (tertiary/aromatic N) is 4. The second kappa shape index (κ2) is 9.93. The van der Waals surface area contributed by atoms with Crippen molar-refractivity contribution in [2.45, 2.75) is 24.6 Å². The van der Waals surface area contributed by atoms with E-state index in [1.165, 1.54) is 18.3 Å². The number of likely N-dealkylation sites (tertiary alicyclic amines) is 1. The first-order valence-electron chi connectivity index (χ1n) is 10.9. The monoisotopic (exact) mass is 515 g/mol. The number of carbonyl (C=O) groups excluding carboxylic acids is 2. The summed E-state index contributed by atoms with van der Waals surface area (Å²) in [6.45, 7) is -1.46. The van der Waals surface area contributed by atoms with Crippen LogP contribution in [0.4, 0.5) is 22.0 Å². The number of rotatable bonds is 5. The van der Waals surface area contributed by atoms with Gasteiger partial charge in [0.25, 0.3) is 11.8 Å². The first-order chi connectivity index (χ1) is 17.5. The Labute approximate surface area is 207 Å². The van der Waals surface area contributed by atoms with E-state index in [1.54, 1.807) is 36.4 Å². The smallest absolute Gasteiger partial charge is 0.343 e. The second-order valence-corrected chi connectivity index (χ2v) is 8.35. The summed E-state index contributed by atoms with van der Waals surface area (Å²) in [6.07, 6.45) is 0.376. The van der Waals surface area contributed by atoms with E-state index in [0.29, 0.717) is 22.0 Å². The Kier molecular flexibility index (Phi) is 6.89. The van der Waals surface area contributed by atoms with Gasteiger partial charge in [0.15, 0.2) is 0 Å². The molecule has 0 aliphatic carbocycles. The van der Waals surface area contributed by atoms with Crippen LogP contribution in [0.2, 0.25) is 0 Å². The number of benzene rings is 1. The van der Waals surface area contributed by atoms with E-state index in [0.717, 1.165) is 17.2 Å². The summed E-state index contributed by atoms with van der Waals surface area (Å²) in [5.74, 6) is -4.61. The molecule has 1 aliphatic heterocycles. The quantitative estimate of drug-likeness (QED) is 0.511. The van der Waals surface area contributed by atoms with Crippen LogP contribution >= 0.6 is 0 Å². The van der Waals surface area contributed by atoms with Crippen LogP contribution in [0.1, 0.15) is 33.6 Å². The van der Waals surface area contributed by atoms with Gasteiger partial charge >= 0.3 is 6.18 Å². The Morgan fingerprint density at radius 1 is 1.14 bits per heavy atom. The van der Waals surface area contributed by atoms with Gasteiger partial charge in [-0.1, -0.05) is 24.3 Å². The van der Waals surface area contributed by atoms with E-state index in [-0.39, 0.29) is 5.56 Å². The summed E-state index contributed by atoms with van der Waals surface area (Å²) in [7, 11) is 0. The molecule has 2 aromatic heterocycles. The van der Waals surface area contributed by atoms with Crippen molar-refractivity contribution in [2.24, 2.45) is 0 Å². The van der Waals surface area contributed by atoms with Gasteiger partial charge in [0.1, 0.15) is 11.7 Å². The number of hydrogen-bond donors (Lipinski definition) is 1. The largest absolute Gasteiger partial charge is 0.433 e. The van der Waals surface area contributed by atoms with Crippen LogP contribution in [0, 0.1) is 11.3 Å². The zero-order valence-electron chi connectivity index (χ0n) is 19.0. The SMILES string of the molecule is N#C[C@@H]1CC(F)(F)CN1C(=O)CNC(=O)c1ccnc2ccc(/C=C/c3ccc(C(F)(F)F)nc3)cc12. The van der Waals surface area contributed by atoms with Gasteiger partial charge in [-0.05, 0) is 35.4 Å². The van der Waals surface area contributed by atoms with Crippen LogP contribution < -0.4 is 5.32 Å². The number of alkyl halides is 5. The Bertz CT molecular complexity index is 1410. The molecule has 0 bridgehead atoms. The Morgan fingerprint density at radius 3 is 2.54 bits per heavy atom. The van der Waals surface area contributed by atoms with E-state index in [4.69, 9.17) is 5.26 Å². The van der Waals surface area contributed by atoms with Crippen molar-refractivity contribution >= 4 is 34.9 Å². The number of aromatic nitrogens is 2. The highest BCUT2D eigenvalue weighted by molar-refractivity contribution is 6.07. The number of nitriles is 1. The zero-order valence-corrected chi connectivity index (χ0v) is 19.0. The van der Waals surface area contributed by atoms with E-state index in [2.05, 4.69) is 15.3 Å². The van der Waals surface area contributed by atoms with Crippen LogP contribution in [-0.2, 0) is 11.0 Å². The van der Waals surface area contributed by atoms with Gasteiger partial charge in [0.05, 0.1) is 30.2 Å². The standard InChI is InChI=1S/C25H18F5N5O2/c26-24(27)10-17(11-31)35(14-24)22(36)13-34-23(37)18-7-8-32-20-5-3-15(9-19(18)20)1-2-16-4-6-21(33-12-16)25(28,29)30/h1-9,12,17H,10,13-14H2,(H,34,37)/b2-1+/t17-/m0/s1. The van der Waals surface area contributed by atoms with Gasteiger partial charge in [0.2, 0.25) is 5.91 Å². The molecule has 2 amide bonds. The highest BCUT2D eigenvalue weighted by atomic mass is 19.4. The fraction of sp³-hybridized carbons (Fsp3) is 0.240. The van der Waals surface area contributed by atoms with Crippen LogP contribution in [0.5, 0.6) is 0 Å². The summed E-state index contributed by atoms with van der Waals surface area (Å²) >= 11 is 0. The molecule has 1 fully saturated rings. The van der Waals surface area contributed by atoms with Crippen LogP contribution in [-0.4, -0.2) is 51.7 Å². The number of amides is 2. The van der Waals surface area contributed by atoms with Crippen molar-refractivity contribution in [3.05, 3.63) is 71.2 Å². The van der Waals surface area contributed by atoms with Crippen molar-refractivity contribution < 1.29 is 31.5 Å². The Morgan fingerprint density at radius 2 is 1.86 bits per heavy atom. The number of pyridine rings is 2. The van der Waals surface area contributed by atoms with Crippen LogP contribution in [0.15, 0.2) is 48.8 Å². The van der Waals surface area contributed by atoms with E-state index in [9.17, 15) is 31.5 Å². The molecule has 0 spiro atoms. The average Bonchev–Trinajstić information content (AvgIpc) is 3.19. The zero-order chi connectivity index (χ0) is 26.8. The van der Waals surface area contributed by atoms with Gasteiger partial charge < -0.3 is 10.2 Å². The van der Waals surface area contributed by atoms with Gasteiger partial charge in [-0.3, -0.25) is 19.6 Å². The number of nitrogens with one attached hydrogen (secondary N) is 1. The molecule has 1 saturated heterocycles. The molecule has 37 heavy (non-hydrogen) atoms. The third kappa shape index (κ3) is 5.88. The van der Waals surface area contributed by atoms with Crippen molar-refractivity contribution in [1.82, 2.24) is 20.2 Å². The lowest BCUT2D eigenvalue weighted by atomic mass is 10.0. The Hall–Kier alpha value is -4.40. The molecule has 190 valence electrons. The lowest BCUT2D eigenvalue weighted by molar-refractivity contribution is -0.141. The molecular formula is C25H18F5N5O2. The van der Waals surface area contributed by atoms with E-state index in [1.807, 2.05) is 0 Å². The summed E-state index contributed by atoms with van der Waals surface area (Å²) in [4.78, 5) is 33.6. The number of hydrogen-bond acceptors (Lipinski definition) is 5. The van der Waals surface area contributed by atoms with Gasteiger partial charge in [-0.2, -0.15) is 18.4 Å². The first kappa shape index (κ1) is 25.7.